The highest BCUT2D eigenvalue weighted by Crippen LogP contribution is 2.41. The lowest BCUT2D eigenvalue weighted by atomic mass is 9.81. The van der Waals surface area contributed by atoms with Crippen molar-refractivity contribution in [2.75, 3.05) is 16.0 Å². The summed E-state index contributed by atoms with van der Waals surface area (Å²) < 4.78 is 1.58. The largest absolute Gasteiger partial charge is 0.323 e. The number of rotatable bonds is 5. The molecule has 2 heterocycles. The predicted molar refractivity (Wildman–Crippen MR) is 133 cm³/mol. The highest BCUT2D eigenvalue weighted by atomic mass is 35.5. The molecule has 170 valence electrons. The molecule has 1 saturated carbocycles. The number of carbonyl (C=O) groups excluding carboxylic acids is 3. The Hall–Kier alpha value is -2.13. The first-order valence-corrected chi connectivity index (χ1v) is 13.1. The number of fused-ring (bicyclic) bond motifs is 2. The van der Waals surface area contributed by atoms with Crippen molar-refractivity contribution in [1.82, 2.24) is 4.98 Å². The number of nitrogens with one attached hydrogen (secondary N) is 1. The number of nitrogens with zero attached hydrogens (tertiary/aromatic N) is 2. The molecule has 1 saturated heterocycles. The number of imide groups is 1. The molecule has 1 N–H and O–H groups in total. The van der Waals surface area contributed by atoms with E-state index in [1.807, 2.05) is 12.1 Å². The molecule has 10 heteroatoms. The van der Waals surface area contributed by atoms with Crippen LogP contribution in [0.1, 0.15) is 25.7 Å². The Kier molecular flexibility index (Phi) is 6.35. The smallest absolute Gasteiger partial charge is 0.237 e. The highest BCUT2D eigenvalue weighted by Gasteiger charge is 2.48. The van der Waals surface area contributed by atoms with Gasteiger partial charge < -0.3 is 5.32 Å². The first-order valence-electron chi connectivity index (χ1n) is 10.6. The summed E-state index contributed by atoms with van der Waals surface area (Å²) in [7, 11) is 0. The van der Waals surface area contributed by atoms with E-state index in [4.69, 9.17) is 23.2 Å². The minimum Gasteiger partial charge on any atom is -0.323 e. The van der Waals surface area contributed by atoms with Gasteiger partial charge in [-0.05, 0) is 43.2 Å². The molecule has 0 spiro atoms. The van der Waals surface area contributed by atoms with E-state index in [0.29, 0.717) is 21.4 Å². The van der Waals surface area contributed by atoms with Crippen LogP contribution in [0.5, 0.6) is 0 Å². The molecule has 0 unspecified atom stereocenters. The van der Waals surface area contributed by atoms with Crippen molar-refractivity contribution in [2.45, 2.75) is 30.0 Å². The van der Waals surface area contributed by atoms with Crippen molar-refractivity contribution in [3.05, 3.63) is 46.4 Å². The lowest BCUT2D eigenvalue weighted by molar-refractivity contribution is -0.122. The molecule has 33 heavy (non-hydrogen) atoms. The molecule has 2 atom stereocenters. The second kappa shape index (κ2) is 9.25. The van der Waals surface area contributed by atoms with Gasteiger partial charge >= 0.3 is 0 Å². The Morgan fingerprint density at radius 1 is 1.09 bits per heavy atom. The Bertz CT molecular complexity index is 1230. The van der Waals surface area contributed by atoms with Crippen molar-refractivity contribution in [3.8, 4) is 0 Å². The number of hydrogen-bond acceptors (Lipinski definition) is 6. The third-order valence-corrected chi connectivity index (χ3v) is 8.80. The second-order valence-electron chi connectivity index (χ2n) is 8.07. The normalized spacial score (nSPS) is 20.4. The summed E-state index contributed by atoms with van der Waals surface area (Å²) in [5.41, 5.74) is 1.75. The minimum absolute atomic E-state index is 0.0851. The van der Waals surface area contributed by atoms with E-state index in [1.54, 1.807) is 24.3 Å². The number of thioether (sulfide) groups is 1. The maximum atomic E-state index is 12.9. The fourth-order valence-electron chi connectivity index (χ4n) is 4.43. The molecule has 6 nitrogen and oxygen atoms in total. The van der Waals surface area contributed by atoms with Crippen LogP contribution in [0.3, 0.4) is 0 Å². The molecule has 2 aliphatic rings. The van der Waals surface area contributed by atoms with E-state index in [-0.39, 0.29) is 35.3 Å². The maximum Gasteiger partial charge on any atom is 0.237 e. The van der Waals surface area contributed by atoms with Crippen molar-refractivity contribution in [3.63, 3.8) is 0 Å². The molecule has 0 radical (unpaired) electrons. The van der Waals surface area contributed by atoms with Crippen molar-refractivity contribution < 1.29 is 14.4 Å². The number of aromatic nitrogens is 1. The highest BCUT2D eigenvalue weighted by molar-refractivity contribution is 8.01. The number of halogens is 2. The van der Waals surface area contributed by atoms with Crippen molar-refractivity contribution >= 4 is 85.6 Å². The molecule has 1 aliphatic heterocycles. The zero-order chi connectivity index (χ0) is 23.1. The standard InChI is InChI=1S/C23H19Cl2N3O3S2/c24-15-6-3-7-16(25)20(15)27-19(29)11-32-23-26-17-9-8-12(10-18(17)33-23)28-21(30)13-4-1-2-5-14(13)22(28)31/h3,6-10,13-14H,1-2,4-5,11H2,(H,27,29)/t13-,14+. The average Bonchev–Trinajstić information content (AvgIpc) is 3.33. The van der Waals surface area contributed by atoms with Crippen molar-refractivity contribution in [2.24, 2.45) is 11.8 Å². The molecule has 3 amide bonds. The molecule has 2 fully saturated rings. The van der Waals surface area contributed by atoms with Gasteiger partial charge in [-0.25, -0.2) is 4.98 Å². The SMILES string of the molecule is O=C(CSc1nc2ccc(N3C(=O)[C@H]4CCCC[C@H]4C3=O)cc2s1)Nc1c(Cl)cccc1Cl. The monoisotopic (exact) mass is 519 g/mol. The fourth-order valence-corrected chi connectivity index (χ4v) is 6.82. The lowest BCUT2D eigenvalue weighted by Gasteiger charge is -2.19. The zero-order valence-corrected chi connectivity index (χ0v) is 20.5. The van der Waals surface area contributed by atoms with Crippen LogP contribution in [-0.4, -0.2) is 28.5 Å². The van der Waals surface area contributed by atoms with Gasteiger partial charge in [0.2, 0.25) is 17.7 Å². The van der Waals surface area contributed by atoms with E-state index >= 15 is 0 Å². The van der Waals surface area contributed by atoms with Gasteiger partial charge in [-0.1, -0.05) is 53.9 Å². The van der Waals surface area contributed by atoms with Crippen LogP contribution in [0.2, 0.25) is 10.0 Å². The van der Waals surface area contributed by atoms with Crippen LogP contribution >= 0.6 is 46.3 Å². The fraction of sp³-hybridized carbons (Fsp3) is 0.304. The van der Waals surface area contributed by atoms with Crippen LogP contribution in [0.25, 0.3) is 10.2 Å². The molecule has 1 aromatic heterocycles. The van der Waals surface area contributed by atoms with Gasteiger partial charge in [-0.2, -0.15) is 0 Å². The van der Waals surface area contributed by atoms with Crippen LogP contribution in [-0.2, 0) is 14.4 Å². The molecule has 5 rings (SSSR count). The van der Waals surface area contributed by atoms with Crippen LogP contribution in [0.15, 0.2) is 40.7 Å². The number of thiazole rings is 1. The quantitative estimate of drug-likeness (QED) is 0.329. The second-order valence-corrected chi connectivity index (χ2v) is 11.1. The van der Waals surface area contributed by atoms with E-state index in [0.717, 1.165) is 40.2 Å². The predicted octanol–water partition coefficient (Wildman–Crippen LogP) is 6.01. The van der Waals surface area contributed by atoms with Crippen LogP contribution in [0, 0.1) is 11.8 Å². The van der Waals surface area contributed by atoms with Gasteiger partial charge in [0.15, 0.2) is 4.34 Å². The maximum absolute atomic E-state index is 12.9. The first-order chi connectivity index (χ1) is 15.9. The third-order valence-electron chi connectivity index (χ3n) is 6.01. The summed E-state index contributed by atoms with van der Waals surface area (Å²) in [6.45, 7) is 0. The van der Waals surface area contributed by atoms with Gasteiger partial charge in [0.1, 0.15) is 0 Å². The van der Waals surface area contributed by atoms with Gasteiger partial charge in [0.25, 0.3) is 0 Å². The van der Waals surface area contributed by atoms with Crippen molar-refractivity contribution in [1.29, 1.82) is 0 Å². The summed E-state index contributed by atoms with van der Waals surface area (Å²) in [5.74, 6) is -0.637. The number of carbonyl (C=O) groups is 3. The van der Waals surface area contributed by atoms with Gasteiger partial charge in [0.05, 0.1) is 49.2 Å². The van der Waals surface area contributed by atoms with E-state index in [2.05, 4.69) is 10.3 Å². The minimum atomic E-state index is -0.245. The van der Waals surface area contributed by atoms with Gasteiger partial charge in [-0.15, -0.1) is 11.3 Å². The molecule has 2 aromatic carbocycles. The Labute approximate surface area is 208 Å². The number of amides is 3. The van der Waals surface area contributed by atoms with E-state index < -0.39 is 0 Å². The van der Waals surface area contributed by atoms with Crippen LogP contribution < -0.4 is 10.2 Å². The number of anilines is 2. The molecular weight excluding hydrogens is 501 g/mol. The lowest BCUT2D eigenvalue weighted by Crippen LogP contribution is -2.30. The average molecular weight is 520 g/mol. The molecule has 3 aromatic rings. The summed E-state index contributed by atoms with van der Waals surface area (Å²) in [5, 5.41) is 3.48. The summed E-state index contributed by atoms with van der Waals surface area (Å²) in [4.78, 5) is 44.1. The summed E-state index contributed by atoms with van der Waals surface area (Å²) >= 11 is 14.9. The summed E-state index contributed by atoms with van der Waals surface area (Å²) in [6.07, 6.45) is 3.57. The first kappa shape index (κ1) is 22.7. The van der Waals surface area contributed by atoms with E-state index in [9.17, 15) is 14.4 Å². The third kappa shape index (κ3) is 4.37. The number of para-hydroxylation sites is 1. The van der Waals surface area contributed by atoms with E-state index in [1.165, 1.54) is 28.0 Å². The zero-order valence-electron chi connectivity index (χ0n) is 17.3. The Morgan fingerprint density at radius 3 is 2.42 bits per heavy atom. The van der Waals surface area contributed by atoms with Gasteiger partial charge in [-0.3, -0.25) is 19.3 Å². The Balaban J connectivity index is 1.29. The molecule has 0 bridgehead atoms. The van der Waals surface area contributed by atoms with Crippen LogP contribution in [0.4, 0.5) is 11.4 Å². The topological polar surface area (TPSA) is 79.4 Å². The molecule has 1 aliphatic carbocycles. The van der Waals surface area contributed by atoms with Gasteiger partial charge in [0, 0.05) is 0 Å². The Morgan fingerprint density at radius 2 is 1.76 bits per heavy atom. The summed E-state index contributed by atoms with van der Waals surface area (Å²) in [6, 6.07) is 10.5. The number of hydrogen-bond donors (Lipinski definition) is 1. The molecular formula is C23H19Cl2N3O3S2. The number of benzene rings is 2.